The Labute approximate surface area is 124 Å². The van der Waals surface area contributed by atoms with Crippen LogP contribution >= 0.6 is 15.9 Å². The maximum atomic E-state index is 12.8. The van der Waals surface area contributed by atoms with E-state index in [1.807, 2.05) is 13.8 Å². The molecule has 0 radical (unpaired) electrons. The first-order chi connectivity index (χ1) is 9.11. The van der Waals surface area contributed by atoms with Gasteiger partial charge in [0.05, 0.1) is 5.56 Å². The van der Waals surface area contributed by atoms with E-state index in [9.17, 15) is 18.0 Å². The first-order valence-electron chi connectivity index (χ1n) is 6.05. The zero-order chi connectivity index (χ0) is 15.5. The average molecular weight is 353 g/mol. The molecule has 0 aliphatic carbocycles. The third-order valence-corrected chi connectivity index (χ3v) is 3.17. The molecule has 0 saturated carbocycles. The molecule has 1 aromatic carbocycles. The molecule has 7 heteroatoms. The van der Waals surface area contributed by atoms with Crippen molar-refractivity contribution in [2.75, 3.05) is 5.32 Å². The average Bonchev–Trinajstić information content (AvgIpc) is 2.29. The highest BCUT2D eigenvalue weighted by Crippen LogP contribution is 2.36. The van der Waals surface area contributed by atoms with Gasteiger partial charge in [-0.1, -0.05) is 15.9 Å². The number of benzene rings is 1. The number of halogens is 4. The van der Waals surface area contributed by atoms with Gasteiger partial charge >= 0.3 is 6.18 Å². The van der Waals surface area contributed by atoms with Gasteiger partial charge in [-0.15, -0.1) is 0 Å². The summed E-state index contributed by atoms with van der Waals surface area (Å²) in [7, 11) is 0. The first-order valence-corrected chi connectivity index (χ1v) is 6.84. The van der Waals surface area contributed by atoms with E-state index in [4.69, 9.17) is 0 Å². The lowest BCUT2D eigenvalue weighted by Crippen LogP contribution is -2.41. The van der Waals surface area contributed by atoms with Gasteiger partial charge in [0.2, 0.25) is 5.91 Å². The van der Waals surface area contributed by atoms with Gasteiger partial charge in [-0.3, -0.25) is 4.79 Å². The maximum absolute atomic E-state index is 12.8. The Morgan fingerprint density at radius 3 is 2.35 bits per heavy atom. The summed E-state index contributed by atoms with van der Waals surface area (Å²) in [6.07, 6.45) is -4.44. The fourth-order valence-corrected chi connectivity index (χ4v) is 2.03. The van der Waals surface area contributed by atoms with Crippen molar-refractivity contribution in [3.05, 3.63) is 28.2 Å². The minimum Gasteiger partial charge on any atom is -0.374 e. The van der Waals surface area contributed by atoms with Gasteiger partial charge in [-0.25, -0.2) is 0 Å². The minimum atomic E-state index is -4.44. The second kappa shape index (κ2) is 6.47. The fraction of sp³-hybridized carbons (Fsp3) is 0.462. The van der Waals surface area contributed by atoms with Gasteiger partial charge in [0.25, 0.3) is 0 Å². The van der Waals surface area contributed by atoms with Gasteiger partial charge < -0.3 is 10.6 Å². The van der Waals surface area contributed by atoms with Crippen LogP contribution < -0.4 is 10.6 Å². The molecule has 3 nitrogen and oxygen atoms in total. The summed E-state index contributed by atoms with van der Waals surface area (Å²) >= 11 is 2.87. The highest BCUT2D eigenvalue weighted by Gasteiger charge is 2.33. The molecule has 0 saturated heterocycles. The van der Waals surface area contributed by atoms with Crippen LogP contribution in [0.1, 0.15) is 26.3 Å². The predicted molar refractivity (Wildman–Crippen MR) is 75.5 cm³/mol. The molecular formula is C13H16BrF3N2O. The number of anilines is 1. The number of hydrogen-bond donors (Lipinski definition) is 2. The molecule has 1 unspecified atom stereocenters. The van der Waals surface area contributed by atoms with Gasteiger partial charge in [-0.05, 0) is 39.0 Å². The number of hydrogen-bond acceptors (Lipinski definition) is 2. The smallest absolute Gasteiger partial charge is 0.374 e. The van der Waals surface area contributed by atoms with Crippen molar-refractivity contribution in [2.24, 2.45) is 0 Å². The Bertz CT molecular complexity index is 489. The molecule has 2 N–H and O–H groups in total. The van der Waals surface area contributed by atoms with Crippen molar-refractivity contribution in [3.63, 3.8) is 0 Å². The van der Waals surface area contributed by atoms with E-state index in [-0.39, 0.29) is 22.1 Å². The molecule has 0 heterocycles. The normalized spacial score (nSPS) is 13.2. The number of amides is 1. The highest BCUT2D eigenvalue weighted by atomic mass is 79.9. The zero-order valence-electron chi connectivity index (χ0n) is 11.3. The monoisotopic (exact) mass is 352 g/mol. The summed E-state index contributed by atoms with van der Waals surface area (Å²) in [5, 5.41) is 5.44. The largest absolute Gasteiger partial charge is 0.417 e. The number of alkyl halides is 3. The van der Waals surface area contributed by atoms with Gasteiger partial charge in [-0.2, -0.15) is 13.2 Å². The molecule has 0 fully saturated rings. The Hall–Kier alpha value is -1.24. The van der Waals surface area contributed by atoms with Crippen LogP contribution in [0, 0.1) is 0 Å². The first kappa shape index (κ1) is 16.8. The van der Waals surface area contributed by atoms with E-state index in [1.165, 1.54) is 12.1 Å². The Morgan fingerprint density at radius 2 is 1.85 bits per heavy atom. The lowest BCUT2D eigenvalue weighted by molar-refractivity contribution is -0.138. The Kier molecular flexibility index (Phi) is 5.44. The minimum absolute atomic E-state index is 0.0256. The summed E-state index contributed by atoms with van der Waals surface area (Å²) < 4.78 is 38.2. The van der Waals surface area contributed by atoms with Crippen LogP contribution in [0.3, 0.4) is 0 Å². The van der Waals surface area contributed by atoms with Crippen molar-refractivity contribution >= 4 is 27.5 Å². The van der Waals surface area contributed by atoms with Crippen LogP contribution in [0.5, 0.6) is 0 Å². The van der Waals surface area contributed by atoms with Crippen molar-refractivity contribution in [1.29, 1.82) is 0 Å². The molecule has 1 atom stereocenters. The lowest BCUT2D eigenvalue weighted by atomic mass is 10.1. The topological polar surface area (TPSA) is 41.1 Å². The molecule has 0 bridgehead atoms. The molecule has 20 heavy (non-hydrogen) atoms. The zero-order valence-corrected chi connectivity index (χ0v) is 12.9. The van der Waals surface area contributed by atoms with Crippen molar-refractivity contribution < 1.29 is 18.0 Å². The molecule has 1 amide bonds. The van der Waals surface area contributed by atoms with Crippen molar-refractivity contribution in [1.82, 2.24) is 5.32 Å². The standard InChI is InChI=1S/C13H16BrF3N2O/c1-7(2)18-12(20)8(3)19-9-4-5-11(14)10(6-9)13(15,16)17/h4-8,19H,1-3H3,(H,18,20). The Balaban J connectivity index is 2.86. The number of rotatable bonds is 4. The number of nitrogens with one attached hydrogen (secondary N) is 2. The van der Waals surface area contributed by atoms with E-state index < -0.39 is 17.8 Å². The molecule has 1 aromatic rings. The molecule has 0 aromatic heterocycles. The summed E-state index contributed by atoms with van der Waals surface area (Å²) in [5.74, 6) is -0.267. The van der Waals surface area contributed by atoms with Crippen LogP contribution in [0.25, 0.3) is 0 Å². The van der Waals surface area contributed by atoms with Crippen molar-refractivity contribution in [3.8, 4) is 0 Å². The molecule has 112 valence electrons. The van der Waals surface area contributed by atoms with Gasteiger partial charge in [0, 0.05) is 16.2 Å². The summed E-state index contributed by atoms with van der Waals surface area (Å²) in [4.78, 5) is 11.7. The highest BCUT2D eigenvalue weighted by molar-refractivity contribution is 9.10. The van der Waals surface area contributed by atoms with Gasteiger partial charge in [0.1, 0.15) is 6.04 Å². The fourth-order valence-electron chi connectivity index (χ4n) is 1.56. The third-order valence-electron chi connectivity index (χ3n) is 2.48. The summed E-state index contributed by atoms with van der Waals surface area (Å²) in [6.45, 7) is 5.21. The predicted octanol–water partition coefficient (Wildman–Crippen LogP) is 3.79. The molecule has 1 rings (SSSR count). The van der Waals surface area contributed by atoms with E-state index in [2.05, 4.69) is 26.6 Å². The molecular weight excluding hydrogens is 337 g/mol. The van der Waals surface area contributed by atoms with Crippen LogP contribution in [0.15, 0.2) is 22.7 Å². The lowest BCUT2D eigenvalue weighted by Gasteiger charge is -2.18. The van der Waals surface area contributed by atoms with Crippen LogP contribution in [-0.4, -0.2) is 18.0 Å². The van der Waals surface area contributed by atoms with E-state index in [0.29, 0.717) is 0 Å². The molecule has 0 aliphatic heterocycles. The Morgan fingerprint density at radius 1 is 1.25 bits per heavy atom. The van der Waals surface area contributed by atoms with E-state index in [1.54, 1.807) is 6.92 Å². The quantitative estimate of drug-likeness (QED) is 0.865. The van der Waals surface area contributed by atoms with E-state index >= 15 is 0 Å². The third kappa shape index (κ3) is 4.70. The number of carbonyl (C=O) groups excluding carboxylic acids is 1. The van der Waals surface area contributed by atoms with Crippen LogP contribution in [0.2, 0.25) is 0 Å². The number of carbonyl (C=O) groups is 1. The van der Waals surface area contributed by atoms with Crippen LogP contribution in [-0.2, 0) is 11.0 Å². The van der Waals surface area contributed by atoms with E-state index in [0.717, 1.165) is 6.07 Å². The second-order valence-electron chi connectivity index (χ2n) is 4.72. The SMILES string of the molecule is CC(C)NC(=O)C(C)Nc1ccc(Br)c(C(F)(F)F)c1. The van der Waals surface area contributed by atoms with Gasteiger partial charge in [0.15, 0.2) is 0 Å². The second-order valence-corrected chi connectivity index (χ2v) is 5.58. The molecule has 0 aliphatic rings. The summed E-state index contributed by atoms with van der Waals surface area (Å²) in [6, 6.07) is 3.11. The molecule has 0 spiro atoms. The van der Waals surface area contributed by atoms with Crippen LogP contribution in [0.4, 0.5) is 18.9 Å². The summed E-state index contributed by atoms with van der Waals surface area (Å²) in [5.41, 5.74) is -0.536. The van der Waals surface area contributed by atoms with Crippen molar-refractivity contribution in [2.45, 2.75) is 39.0 Å². The maximum Gasteiger partial charge on any atom is 0.417 e.